The smallest absolute Gasteiger partial charge is 0.224 e. The number of hydrogen-bond acceptors (Lipinski definition) is 3. The Morgan fingerprint density at radius 1 is 1.21 bits per heavy atom. The number of phenols is 1. The minimum absolute atomic E-state index is 0.0463. The number of phenolic OH excluding ortho intramolecular Hbond substituents is 1. The Morgan fingerprint density at radius 2 is 1.84 bits per heavy atom. The molecule has 0 aliphatic heterocycles. The minimum Gasteiger partial charge on any atom is -0.508 e. The highest BCUT2D eigenvalue weighted by Gasteiger charge is 2.09. The van der Waals surface area contributed by atoms with Gasteiger partial charge in [-0.1, -0.05) is 12.1 Å². The average Bonchev–Trinajstić information content (AvgIpc) is 2.42. The third-order valence-electron chi connectivity index (χ3n) is 2.88. The summed E-state index contributed by atoms with van der Waals surface area (Å²) in [7, 11) is 0. The minimum atomic E-state index is -0.0485. The molecule has 1 amide bonds. The SMILES string of the molecule is CC(NC(=O)Cc1ccc(O)cc1)c1ccncc1. The number of carbonyl (C=O) groups is 1. The molecule has 1 aromatic heterocycles. The van der Waals surface area contributed by atoms with Gasteiger partial charge in [0.15, 0.2) is 0 Å². The number of carbonyl (C=O) groups excluding carboxylic acids is 1. The quantitative estimate of drug-likeness (QED) is 0.881. The monoisotopic (exact) mass is 256 g/mol. The van der Waals surface area contributed by atoms with Crippen LogP contribution in [0.3, 0.4) is 0 Å². The van der Waals surface area contributed by atoms with Crippen molar-refractivity contribution in [2.24, 2.45) is 0 Å². The predicted octanol–water partition coefficient (Wildman–Crippen LogP) is 2.21. The van der Waals surface area contributed by atoms with Crippen molar-refractivity contribution in [2.75, 3.05) is 0 Å². The van der Waals surface area contributed by atoms with Crippen LogP contribution in [0.15, 0.2) is 48.8 Å². The molecule has 2 N–H and O–H groups in total. The molecule has 98 valence electrons. The van der Waals surface area contributed by atoms with Crippen LogP contribution in [-0.2, 0) is 11.2 Å². The second-order valence-electron chi connectivity index (χ2n) is 4.41. The van der Waals surface area contributed by atoms with E-state index < -0.39 is 0 Å². The molecule has 0 radical (unpaired) electrons. The van der Waals surface area contributed by atoms with Gasteiger partial charge < -0.3 is 10.4 Å². The van der Waals surface area contributed by atoms with Gasteiger partial charge >= 0.3 is 0 Å². The van der Waals surface area contributed by atoms with Crippen LogP contribution >= 0.6 is 0 Å². The number of aromatic hydroxyl groups is 1. The van der Waals surface area contributed by atoms with Gasteiger partial charge in [-0.05, 0) is 42.3 Å². The summed E-state index contributed by atoms with van der Waals surface area (Å²) in [6.45, 7) is 1.93. The first kappa shape index (κ1) is 13.1. The first-order chi connectivity index (χ1) is 9.15. The predicted molar refractivity (Wildman–Crippen MR) is 72.6 cm³/mol. The second-order valence-corrected chi connectivity index (χ2v) is 4.41. The Balaban J connectivity index is 1.93. The number of amides is 1. The molecule has 0 aliphatic carbocycles. The topological polar surface area (TPSA) is 62.2 Å². The number of nitrogens with zero attached hydrogens (tertiary/aromatic N) is 1. The maximum atomic E-state index is 11.9. The first-order valence-corrected chi connectivity index (χ1v) is 6.12. The lowest BCUT2D eigenvalue weighted by molar-refractivity contribution is -0.121. The van der Waals surface area contributed by atoms with Gasteiger partial charge in [0, 0.05) is 12.4 Å². The molecule has 2 aromatic rings. The van der Waals surface area contributed by atoms with Crippen LogP contribution in [-0.4, -0.2) is 16.0 Å². The molecule has 4 heteroatoms. The van der Waals surface area contributed by atoms with Crippen LogP contribution in [0.5, 0.6) is 5.75 Å². The molecule has 0 aliphatic rings. The zero-order valence-corrected chi connectivity index (χ0v) is 10.7. The van der Waals surface area contributed by atoms with Crippen molar-refractivity contribution >= 4 is 5.91 Å². The molecule has 0 saturated carbocycles. The van der Waals surface area contributed by atoms with Crippen LogP contribution in [0.2, 0.25) is 0 Å². The number of nitrogens with one attached hydrogen (secondary N) is 1. The fraction of sp³-hybridized carbons (Fsp3) is 0.200. The number of aromatic nitrogens is 1. The Morgan fingerprint density at radius 3 is 2.47 bits per heavy atom. The molecule has 1 aromatic carbocycles. The highest BCUT2D eigenvalue weighted by molar-refractivity contribution is 5.79. The number of rotatable bonds is 4. The fourth-order valence-corrected chi connectivity index (χ4v) is 1.83. The lowest BCUT2D eigenvalue weighted by Crippen LogP contribution is -2.28. The summed E-state index contributed by atoms with van der Waals surface area (Å²) in [6.07, 6.45) is 3.71. The zero-order chi connectivity index (χ0) is 13.7. The molecule has 4 nitrogen and oxygen atoms in total. The Bertz CT molecular complexity index is 538. The van der Waals surface area contributed by atoms with Gasteiger partial charge in [-0.3, -0.25) is 9.78 Å². The lowest BCUT2D eigenvalue weighted by Gasteiger charge is -2.14. The average molecular weight is 256 g/mol. The van der Waals surface area contributed by atoms with Gasteiger partial charge in [-0.15, -0.1) is 0 Å². The summed E-state index contributed by atoms with van der Waals surface area (Å²) in [5.74, 6) is 0.157. The summed E-state index contributed by atoms with van der Waals surface area (Å²) in [4.78, 5) is 15.8. The van der Waals surface area contributed by atoms with Crippen molar-refractivity contribution in [3.05, 3.63) is 59.9 Å². The second kappa shape index (κ2) is 6.00. The van der Waals surface area contributed by atoms with Crippen LogP contribution in [0.25, 0.3) is 0 Å². The van der Waals surface area contributed by atoms with Gasteiger partial charge in [-0.25, -0.2) is 0 Å². The van der Waals surface area contributed by atoms with Crippen molar-refractivity contribution in [1.82, 2.24) is 10.3 Å². The van der Waals surface area contributed by atoms with Crippen molar-refractivity contribution in [1.29, 1.82) is 0 Å². The van der Waals surface area contributed by atoms with E-state index in [1.165, 1.54) is 0 Å². The molecule has 1 unspecified atom stereocenters. The summed E-state index contributed by atoms with van der Waals surface area (Å²) < 4.78 is 0. The number of hydrogen-bond donors (Lipinski definition) is 2. The van der Waals surface area contributed by atoms with Crippen molar-refractivity contribution in [3.8, 4) is 5.75 Å². The largest absolute Gasteiger partial charge is 0.508 e. The molecule has 1 heterocycles. The van der Waals surface area contributed by atoms with Gasteiger partial charge in [0.25, 0.3) is 0 Å². The molecule has 0 bridgehead atoms. The zero-order valence-electron chi connectivity index (χ0n) is 10.7. The Kier molecular flexibility index (Phi) is 4.13. The third-order valence-corrected chi connectivity index (χ3v) is 2.88. The molecule has 0 fully saturated rings. The normalized spacial score (nSPS) is 11.8. The van der Waals surface area contributed by atoms with Crippen LogP contribution < -0.4 is 5.32 Å². The third kappa shape index (κ3) is 3.81. The van der Waals surface area contributed by atoms with E-state index in [9.17, 15) is 9.90 Å². The molecule has 1 atom stereocenters. The van der Waals surface area contributed by atoms with Gasteiger partial charge in [0.2, 0.25) is 5.91 Å². The summed E-state index contributed by atoms with van der Waals surface area (Å²) >= 11 is 0. The van der Waals surface area contributed by atoms with Crippen molar-refractivity contribution in [3.63, 3.8) is 0 Å². The molecular weight excluding hydrogens is 240 g/mol. The Hall–Kier alpha value is -2.36. The summed E-state index contributed by atoms with van der Waals surface area (Å²) in [5, 5.41) is 12.1. The van der Waals surface area contributed by atoms with E-state index in [-0.39, 0.29) is 17.7 Å². The van der Waals surface area contributed by atoms with Gasteiger partial charge in [0.05, 0.1) is 12.5 Å². The number of pyridine rings is 1. The van der Waals surface area contributed by atoms with E-state index in [0.717, 1.165) is 11.1 Å². The maximum absolute atomic E-state index is 11.9. The van der Waals surface area contributed by atoms with E-state index in [0.29, 0.717) is 6.42 Å². The first-order valence-electron chi connectivity index (χ1n) is 6.12. The molecule has 19 heavy (non-hydrogen) atoms. The van der Waals surface area contributed by atoms with Crippen LogP contribution in [0.4, 0.5) is 0 Å². The van der Waals surface area contributed by atoms with E-state index in [4.69, 9.17) is 0 Å². The van der Waals surface area contributed by atoms with Gasteiger partial charge in [-0.2, -0.15) is 0 Å². The van der Waals surface area contributed by atoms with E-state index >= 15 is 0 Å². The molecule has 2 rings (SSSR count). The van der Waals surface area contributed by atoms with E-state index in [1.54, 1.807) is 36.7 Å². The maximum Gasteiger partial charge on any atom is 0.224 e. The summed E-state index contributed by atoms with van der Waals surface area (Å²) in [5.41, 5.74) is 1.89. The van der Waals surface area contributed by atoms with Crippen molar-refractivity contribution < 1.29 is 9.90 Å². The standard InChI is InChI=1S/C15H16N2O2/c1-11(13-6-8-16-9-7-13)17-15(19)10-12-2-4-14(18)5-3-12/h2-9,11,18H,10H2,1H3,(H,17,19). The summed E-state index contributed by atoms with van der Waals surface area (Å²) in [6, 6.07) is 10.4. The highest BCUT2D eigenvalue weighted by atomic mass is 16.3. The fourth-order valence-electron chi connectivity index (χ4n) is 1.83. The molecule has 0 saturated heterocycles. The highest BCUT2D eigenvalue weighted by Crippen LogP contribution is 2.12. The lowest BCUT2D eigenvalue weighted by atomic mass is 10.1. The van der Waals surface area contributed by atoms with Crippen LogP contribution in [0, 0.1) is 0 Å². The van der Waals surface area contributed by atoms with E-state index in [2.05, 4.69) is 10.3 Å². The molecular formula is C15H16N2O2. The van der Waals surface area contributed by atoms with E-state index in [1.807, 2.05) is 19.1 Å². The van der Waals surface area contributed by atoms with Gasteiger partial charge in [0.1, 0.15) is 5.75 Å². The van der Waals surface area contributed by atoms with Crippen LogP contribution in [0.1, 0.15) is 24.1 Å². The van der Waals surface area contributed by atoms with Crippen molar-refractivity contribution in [2.45, 2.75) is 19.4 Å². The molecule has 0 spiro atoms. The number of benzene rings is 1. The Labute approximate surface area is 112 Å².